The molecule has 1 fully saturated rings. The van der Waals surface area contributed by atoms with Gasteiger partial charge in [-0.25, -0.2) is 22.0 Å². The van der Waals surface area contributed by atoms with Crippen LogP contribution in [0.15, 0.2) is 5.83 Å². The molecule has 0 bridgehead atoms. The third kappa shape index (κ3) is 4.28. The van der Waals surface area contributed by atoms with E-state index in [0.717, 1.165) is 0 Å². The predicted molar refractivity (Wildman–Crippen MR) is 88.4 cm³/mol. The predicted octanol–water partition coefficient (Wildman–Crippen LogP) is 3.37. The molecule has 1 saturated carbocycles. The van der Waals surface area contributed by atoms with Crippen LogP contribution in [-0.4, -0.2) is 50.6 Å². The van der Waals surface area contributed by atoms with Crippen LogP contribution in [0.4, 0.5) is 33.8 Å². The summed E-state index contributed by atoms with van der Waals surface area (Å²) in [6.45, 7) is 2.19. The van der Waals surface area contributed by atoms with Gasteiger partial charge in [-0.05, 0) is 19.8 Å². The summed E-state index contributed by atoms with van der Waals surface area (Å²) < 4.78 is 68.0. The molecular weight excluding hydrogens is 373 g/mol. The van der Waals surface area contributed by atoms with Crippen molar-refractivity contribution in [3.05, 3.63) is 11.7 Å². The summed E-state index contributed by atoms with van der Waals surface area (Å²) in [5, 5.41) is 15.1. The van der Waals surface area contributed by atoms with E-state index < -0.39 is 36.2 Å². The minimum absolute atomic E-state index is 0.0502. The van der Waals surface area contributed by atoms with Gasteiger partial charge in [-0.15, -0.1) is 0 Å². The average Bonchev–Trinajstić information content (AvgIpc) is 2.91. The van der Waals surface area contributed by atoms with Crippen molar-refractivity contribution in [2.45, 2.75) is 63.0 Å². The lowest BCUT2D eigenvalue weighted by molar-refractivity contribution is -0.107. The fourth-order valence-corrected chi connectivity index (χ4v) is 3.19. The van der Waals surface area contributed by atoms with E-state index in [1.54, 1.807) is 6.92 Å². The third-order valence-electron chi connectivity index (χ3n) is 4.61. The molecule has 0 radical (unpaired) electrons. The summed E-state index contributed by atoms with van der Waals surface area (Å²) in [5.41, 5.74) is -0.241. The molecule has 3 N–H and O–H groups in total. The van der Waals surface area contributed by atoms with E-state index in [9.17, 15) is 27.1 Å². The van der Waals surface area contributed by atoms with Gasteiger partial charge in [-0.1, -0.05) is 0 Å². The van der Waals surface area contributed by atoms with E-state index in [1.165, 1.54) is 0 Å². The van der Waals surface area contributed by atoms with Crippen LogP contribution in [0.3, 0.4) is 0 Å². The first kappa shape index (κ1) is 19.7. The van der Waals surface area contributed by atoms with Crippen molar-refractivity contribution >= 4 is 17.5 Å². The maximum absolute atomic E-state index is 14.3. The number of hydrogen-bond donors (Lipinski definition) is 3. The molecule has 1 heterocycles. The van der Waals surface area contributed by atoms with Gasteiger partial charge in [0.1, 0.15) is 5.83 Å². The van der Waals surface area contributed by atoms with Gasteiger partial charge in [0, 0.05) is 37.4 Å². The second kappa shape index (κ2) is 7.17. The third-order valence-corrected chi connectivity index (χ3v) is 4.61. The summed E-state index contributed by atoms with van der Waals surface area (Å²) in [5.74, 6) is -7.93. The Hall–Kier alpha value is -2.04. The van der Waals surface area contributed by atoms with Gasteiger partial charge in [-0.2, -0.15) is 15.0 Å². The van der Waals surface area contributed by atoms with Crippen LogP contribution in [-0.2, 0) is 0 Å². The zero-order valence-electron chi connectivity index (χ0n) is 14.6. The number of rotatable bonds is 5. The summed E-state index contributed by atoms with van der Waals surface area (Å²) in [7, 11) is 0. The Bertz CT molecular complexity index is 742. The van der Waals surface area contributed by atoms with Crippen LogP contribution >= 0.6 is 0 Å². The number of allylic oxidation sites excluding steroid dienone is 1. The molecule has 0 amide bonds. The van der Waals surface area contributed by atoms with Gasteiger partial charge >= 0.3 is 0 Å². The summed E-state index contributed by atoms with van der Waals surface area (Å²) in [6, 6.07) is -0.565. The van der Waals surface area contributed by atoms with Crippen molar-refractivity contribution in [2.75, 3.05) is 17.2 Å². The molecule has 2 atom stereocenters. The Labute approximate surface area is 152 Å². The van der Waals surface area contributed by atoms with Crippen molar-refractivity contribution in [1.29, 1.82) is 0 Å². The van der Waals surface area contributed by atoms with Gasteiger partial charge in [0.05, 0.1) is 0 Å². The van der Waals surface area contributed by atoms with Gasteiger partial charge in [0.2, 0.25) is 17.8 Å². The molecule has 1 aromatic rings. The molecule has 27 heavy (non-hydrogen) atoms. The average molecular weight is 393 g/mol. The smallest absolute Gasteiger partial charge is 0.280 e. The fraction of sp³-hybridized carbons (Fsp3) is 0.688. The monoisotopic (exact) mass is 393 g/mol. The molecule has 1 unspecified atom stereocenters. The SMILES string of the molecule is CCNc1nc(N[C@@H]2CCC(F)(F)C2)nc(C2=C(F)C(O)C(F)(F)CC2)n1. The van der Waals surface area contributed by atoms with Crippen LogP contribution in [0.25, 0.3) is 5.57 Å². The summed E-state index contributed by atoms with van der Waals surface area (Å²) in [4.78, 5) is 12.1. The van der Waals surface area contributed by atoms with Gasteiger partial charge in [0.25, 0.3) is 5.92 Å². The Kier molecular flexibility index (Phi) is 5.24. The van der Waals surface area contributed by atoms with Crippen molar-refractivity contribution in [3.8, 4) is 0 Å². The molecule has 1 aromatic heterocycles. The normalized spacial score (nSPS) is 26.9. The highest BCUT2D eigenvalue weighted by atomic mass is 19.3. The lowest BCUT2D eigenvalue weighted by atomic mass is 9.92. The number of hydrogen-bond acceptors (Lipinski definition) is 6. The van der Waals surface area contributed by atoms with Crippen molar-refractivity contribution in [1.82, 2.24) is 15.0 Å². The highest BCUT2D eigenvalue weighted by molar-refractivity contribution is 5.66. The largest absolute Gasteiger partial charge is 0.380 e. The maximum Gasteiger partial charge on any atom is 0.280 e. The van der Waals surface area contributed by atoms with Crippen molar-refractivity contribution < 1.29 is 27.1 Å². The number of aromatic nitrogens is 3. The first-order valence-electron chi connectivity index (χ1n) is 8.70. The number of nitrogens with zero attached hydrogens (tertiary/aromatic N) is 3. The van der Waals surface area contributed by atoms with Gasteiger partial charge in [-0.3, -0.25) is 0 Å². The van der Waals surface area contributed by atoms with E-state index in [0.29, 0.717) is 6.54 Å². The quantitative estimate of drug-likeness (QED) is 0.666. The lowest BCUT2D eigenvalue weighted by Gasteiger charge is -2.27. The van der Waals surface area contributed by atoms with Gasteiger partial charge in [0.15, 0.2) is 11.9 Å². The van der Waals surface area contributed by atoms with E-state index >= 15 is 0 Å². The lowest BCUT2D eigenvalue weighted by Crippen LogP contribution is -2.37. The number of nitrogens with one attached hydrogen (secondary N) is 2. The van der Waals surface area contributed by atoms with E-state index in [1.807, 2.05) is 0 Å². The van der Waals surface area contributed by atoms with Crippen LogP contribution in [0, 0.1) is 0 Å². The maximum atomic E-state index is 14.3. The van der Waals surface area contributed by atoms with Crippen LogP contribution < -0.4 is 10.6 Å². The zero-order valence-corrected chi connectivity index (χ0v) is 14.6. The minimum atomic E-state index is -3.57. The number of aliphatic hydroxyl groups is 1. The highest BCUT2D eigenvalue weighted by Crippen LogP contribution is 2.41. The molecule has 2 aliphatic rings. The molecule has 0 saturated heterocycles. The standard InChI is InChI=1S/C16H20F5N5O/c1-2-22-13-24-12(9-4-6-16(20,21)11(27)10(9)17)25-14(26-13)23-8-3-5-15(18,19)7-8/h8,11,27H,2-7H2,1H3,(H2,22,23,24,25,26)/t8-,11?/m1/s1. The molecule has 0 aromatic carbocycles. The molecule has 0 spiro atoms. The van der Waals surface area contributed by atoms with Crippen LogP contribution in [0.2, 0.25) is 0 Å². The first-order valence-corrected chi connectivity index (χ1v) is 8.70. The van der Waals surface area contributed by atoms with E-state index in [-0.39, 0.29) is 49.0 Å². The second-order valence-electron chi connectivity index (χ2n) is 6.77. The van der Waals surface area contributed by atoms with E-state index in [4.69, 9.17) is 0 Å². The molecule has 6 nitrogen and oxygen atoms in total. The Morgan fingerprint density at radius 2 is 1.81 bits per heavy atom. The number of alkyl halides is 4. The molecular formula is C16H20F5N5O. The molecule has 150 valence electrons. The summed E-state index contributed by atoms with van der Waals surface area (Å²) >= 11 is 0. The zero-order chi connectivity index (χ0) is 19.8. The topological polar surface area (TPSA) is 83.0 Å². The molecule has 11 heteroatoms. The Morgan fingerprint density at radius 3 is 2.44 bits per heavy atom. The van der Waals surface area contributed by atoms with E-state index in [2.05, 4.69) is 25.6 Å². The second-order valence-corrected chi connectivity index (χ2v) is 6.77. The fourth-order valence-electron chi connectivity index (χ4n) is 3.19. The Morgan fingerprint density at radius 1 is 1.11 bits per heavy atom. The van der Waals surface area contributed by atoms with Crippen molar-refractivity contribution in [2.24, 2.45) is 0 Å². The first-order chi connectivity index (χ1) is 12.6. The Balaban J connectivity index is 1.91. The molecule has 2 aliphatic carbocycles. The molecule has 3 rings (SSSR count). The highest BCUT2D eigenvalue weighted by Gasteiger charge is 2.46. The minimum Gasteiger partial charge on any atom is -0.380 e. The molecule has 0 aliphatic heterocycles. The van der Waals surface area contributed by atoms with Gasteiger partial charge < -0.3 is 15.7 Å². The summed E-state index contributed by atoms with van der Waals surface area (Å²) in [6.07, 6.45) is -4.11. The number of aliphatic hydroxyl groups excluding tert-OH is 1. The number of halogens is 5. The van der Waals surface area contributed by atoms with Crippen LogP contribution in [0.1, 0.15) is 44.9 Å². The number of anilines is 2. The van der Waals surface area contributed by atoms with Crippen molar-refractivity contribution in [3.63, 3.8) is 0 Å². The van der Waals surface area contributed by atoms with Crippen LogP contribution in [0.5, 0.6) is 0 Å².